The highest BCUT2D eigenvalue weighted by Gasteiger charge is 2.23. The van der Waals surface area contributed by atoms with Gasteiger partial charge in [0.15, 0.2) is 5.75 Å². The first-order valence-electron chi connectivity index (χ1n) is 13.8. The van der Waals surface area contributed by atoms with E-state index >= 15 is 0 Å². The molecule has 4 aromatic rings. The first kappa shape index (κ1) is 32.0. The summed E-state index contributed by atoms with van der Waals surface area (Å²) in [6.45, 7) is -0.247. The summed E-state index contributed by atoms with van der Waals surface area (Å²) in [5.41, 5.74) is -0.191. The maximum Gasteiger partial charge on any atom is 0.417 e. The van der Waals surface area contributed by atoms with E-state index in [1.165, 1.54) is 33.9 Å². The Kier molecular flexibility index (Phi) is 10.3. The lowest BCUT2D eigenvalue weighted by molar-refractivity contribution is -0.123. The SMILES string of the molecule is COC(=O)NC(CC/C=C/C(=O)N(C)C)C(=O)Nc1cccn(Cc2nc3c(Oc4ccccc4)cccc3n2C(=O)O)c1=O. The summed E-state index contributed by atoms with van der Waals surface area (Å²) in [5, 5.41) is 15.0. The summed E-state index contributed by atoms with van der Waals surface area (Å²) in [4.78, 5) is 68.4. The van der Waals surface area contributed by atoms with E-state index < -0.39 is 29.7 Å². The Balaban J connectivity index is 1.58. The highest BCUT2D eigenvalue weighted by atomic mass is 16.5. The second-order valence-corrected chi connectivity index (χ2v) is 9.93. The van der Waals surface area contributed by atoms with Gasteiger partial charge in [-0.25, -0.2) is 19.1 Å². The van der Waals surface area contributed by atoms with Crippen LogP contribution in [0.2, 0.25) is 0 Å². The number of pyridine rings is 1. The minimum Gasteiger partial charge on any atom is -0.464 e. The summed E-state index contributed by atoms with van der Waals surface area (Å²) < 4.78 is 12.7. The fourth-order valence-corrected chi connectivity index (χ4v) is 4.33. The van der Waals surface area contributed by atoms with Crippen LogP contribution in [0.1, 0.15) is 18.7 Å². The maximum atomic E-state index is 13.4. The van der Waals surface area contributed by atoms with Gasteiger partial charge in [-0.1, -0.05) is 30.3 Å². The Bertz CT molecular complexity index is 1790. The molecular formula is C31H32N6O8. The third-order valence-electron chi connectivity index (χ3n) is 6.59. The number of rotatable bonds is 11. The van der Waals surface area contributed by atoms with Gasteiger partial charge in [-0.15, -0.1) is 0 Å². The average Bonchev–Trinajstić information content (AvgIpc) is 3.40. The summed E-state index contributed by atoms with van der Waals surface area (Å²) in [7, 11) is 4.35. The number of nitrogens with one attached hydrogen (secondary N) is 2. The fraction of sp³-hybridized carbons (Fsp3) is 0.226. The van der Waals surface area contributed by atoms with Crippen molar-refractivity contribution in [1.29, 1.82) is 0 Å². The molecule has 0 radical (unpaired) electrons. The number of carbonyl (C=O) groups excluding carboxylic acids is 3. The van der Waals surface area contributed by atoms with Crippen LogP contribution in [-0.2, 0) is 20.9 Å². The molecule has 3 N–H and O–H groups in total. The minimum absolute atomic E-state index is 0.0384. The first-order chi connectivity index (χ1) is 21.6. The molecular weight excluding hydrogens is 584 g/mol. The molecule has 1 unspecified atom stereocenters. The van der Waals surface area contributed by atoms with Gasteiger partial charge >= 0.3 is 12.2 Å². The normalized spacial score (nSPS) is 11.6. The summed E-state index contributed by atoms with van der Waals surface area (Å²) in [5.74, 6) is -0.0229. The largest absolute Gasteiger partial charge is 0.464 e. The number of hydrogen-bond acceptors (Lipinski definition) is 8. The van der Waals surface area contributed by atoms with Crippen molar-refractivity contribution in [3.63, 3.8) is 0 Å². The molecule has 234 valence electrons. The third kappa shape index (κ3) is 7.93. The highest BCUT2D eigenvalue weighted by molar-refractivity contribution is 5.96. The van der Waals surface area contributed by atoms with Gasteiger partial charge in [0.2, 0.25) is 11.8 Å². The number of aromatic nitrogens is 3. The number of allylic oxidation sites excluding steroid dienone is 1. The van der Waals surface area contributed by atoms with Crippen LogP contribution in [0.25, 0.3) is 11.0 Å². The van der Waals surface area contributed by atoms with Crippen molar-refractivity contribution < 1.29 is 33.8 Å². The van der Waals surface area contributed by atoms with Crippen LogP contribution in [0.4, 0.5) is 15.3 Å². The van der Waals surface area contributed by atoms with E-state index in [0.717, 1.165) is 11.7 Å². The van der Waals surface area contributed by atoms with Crippen LogP contribution in [0, 0.1) is 0 Å². The van der Waals surface area contributed by atoms with E-state index in [9.17, 15) is 29.1 Å². The Labute approximate surface area is 257 Å². The molecule has 0 aliphatic heterocycles. The van der Waals surface area contributed by atoms with Crippen LogP contribution < -0.4 is 20.9 Å². The summed E-state index contributed by atoms with van der Waals surface area (Å²) in [6, 6.07) is 15.6. The molecule has 0 fully saturated rings. The Morgan fingerprint density at radius 1 is 1.04 bits per heavy atom. The van der Waals surface area contributed by atoms with Crippen LogP contribution in [-0.4, -0.2) is 75.4 Å². The zero-order valence-electron chi connectivity index (χ0n) is 24.8. The van der Waals surface area contributed by atoms with E-state index in [1.807, 2.05) is 6.07 Å². The number of alkyl carbamates (subject to hydrolysis) is 1. The van der Waals surface area contributed by atoms with Gasteiger partial charge in [0.25, 0.3) is 5.56 Å². The van der Waals surface area contributed by atoms with Gasteiger partial charge in [-0.3, -0.25) is 14.4 Å². The fourth-order valence-electron chi connectivity index (χ4n) is 4.33. The summed E-state index contributed by atoms with van der Waals surface area (Å²) in [6.07, 6.45) is 2.57. The lowest BCUT2D eigenvalue weighted by Crippen LogP contribution is -2.44. The van der Waals surface area contributed by atoms with Gasteiger partial charge < -0.3 is 34.7 Å². The van der Waals surface area contributed by atoms with Gasteiger partial charge in [0.1, 0.15) is 28.8 Å². The second-order valence-electron chi connectivity index (χ2n) is 9.93. The standard InChI is InChI=1S/C31H32N6O8/c1-35(2)26(38)17-8-7-13-21(33-30(41)44-3)28(39)32-22-14-10-18-36(29(22)40)19-25-34-27-23(37(25)31(42)43)15-9-16-24(27)45-20-11-5-4-6-12-20/h4-6,8-12,14-18,21H,7,13,19H2,1-3H3,(H,32,39)(H,33,41)(H,42,43)/b17-8+. The van der Waals surface area contributed by atoms with Crippen molar-refractivity contribution in [3.05, 3.63) is 95.2 Å². The quantitative estimate of drug-likeness (QED) is 0.213. The Morgan fingerprint density at radius 3 is 2.49 bits per heavy atom. The molecule has 14 heteroatoms. The lowest BCUT2D eigenvalue weighted by atomic mass is 10.1. The molecule has 0 aliphatic carbocycles. The Hall–Kier alpha value is -5.92. The van der Waals surface area contributed by atoms with E-state index in [-0.39, 0.29) is 47.8 Å². The van der Waals surface area contributed by atoms with Crippen LogP contribution in [0.15, 0.2) is 83.8 Å². The van der Waals surface area contributed by atoms with Crippen molar-refractivity contribution in [2.75, 3.05) is 26.5 Å². The molecule has 3 amide bonds. The molecule has 1 atom stereocenters. The number of carbonyl (C=O) groups is 4. The smallest absolute Gasteiger partial charge is 0.417 e. The van der Waals surface area contributed by atoms with Gasteiger partial charge in [0, 0.05) is 20.3 Å². The molecule has 2 aromatic carbocycles. The van der Waals surface area contributed by atoms with Crippen LogP contribution in [0.3, 0.4) is 0 Å². The molecule has 0 aliphatic rings. The number of methoxy groups -OCH3 is 1. The number of hydrogen-bond donors (Lipinski definition) is 3. The van der Waals surface area contributed by atoms with Crippen molar-refractivity contribution in [2.45, 2.75) is 25.4 Å². The van der Waals surface area contributed by atoms with Gasteiger partial charge in [0.05, 0.1) is 19.2 Å². The highest BCUT2D eigenvalue weighted by Crippen LogP contribution is 2.30. The number of para-hydroxylation sites is 2. The van der Waals surface area contributed by atoms with E-state index in [1.54, 1.807) is 62.6 Å². The molecule has 0 bridgehead atoms. The zero-order chi connectivity index (χ0) is 32.5. The number of fused-ring (bicyclic) bond motifs is 1. The van der Waals surface area contributed by atoms with Crippen molar-refractivity contribution >= 4 is 40.7 Å². The monoisotopic (exact) mass is 616 g/mol. The van der Waals surface area contributed by atoms with Crippen LogP contribution >= 0.6 is 0 Å². The first-order valence-corrected chi connectivity index (χ1v) is 13.8. The summed E-state index contributed by atoms with van der Waals surface area (Å²) >= 11 is 0. The molecule has 0 saturated heterocycles. The maximum absolute atomic E-state index is 13.4. The van der Waals surface area contributed by atoms with Crippen molar-refractivity contribution in [1.82, 2.24) is 24.3 Å². The third-order valence-corrected chi connectivity index (χ3v) is 6.59. The van der Waals surface area contributed by atoms with Gasteiger partial charge in [-0.05, 0) is 55.3 Å². The lowest BCUT2D eigenvalue weighted by Gasteiger charge is -2.17. The number of nitrogens with zero attached hydrogens (tertiary/aromatic N) is 4. The number of anilines is 1. The predicted octanol–water partition coefficient (Wildman–Crippen LogP) is 3.65. The zero-order valence-corrected chi connectivity index (χ0v) is 24.8. The number of carboxylic acid groups (broad SMARTS) is 1. The molecule has 2 aromatic heterocycles. The number of imidazole rings is 1. The van der Waals surface area contributed by atoms with Gasteiger partial charge in [-0.2, -0.15) is 0 Å². The molecule has 2 heterocycles. The Morgan fingerprint density at radius 2 is 1.80 bits per heavy atom. The average molecular weight is 617 g/mol. The number of ether oxygens (including phenoxy) is 2. The number of likely N-dealkylation sites (N-methyl/N-ethyl adjacent to an activating group) is 1. The second kappa shape index (κ2) is 14.5. The minimum atomic E-state index is -1.31. The predicted molar refractivity (Wildman–Crippen MR) is 165 cm³/mol. The van der Waals surface area contributed by atoms with Crippen molar-refractivity contribution in [2.24, 2.45) is 0 Å². The van der Waals surface area contributed by atoms with E-state index in [4.69, 9.17) is 4.74 Å². The number of amides is 3. The molecule has 14 nitrogen and oxygen atoms in total. The molecule has 4 rings (SSSR count). The van der Waals surface area contributed by atoms with E-state index in [0.29, 0.717) is 11.5 Å². The topological polar surface area (TPSA) is 174 Å². The van der Waals surface area contributed by atoms with Crippen LogP contribution in [0.5, 0.6) is 11.5 Å². The molecule has 45 heavy (non-hydrogen) atoms. The number of benzene rings is 2. The molecule has 0 saturated carbocycles. The molecule has 0 spiro atoms. The van der Waals surface area contributed by atoms with Crippen molar-refractivity contribution in [3.8, 4) is 11.5 Å². The van der Waals surface area contributed by atoms with E-state index in [2.05, 4.69) is 20.4 Å².